The average molecular weight is 268 g/mol. The van der Waals surface area contributed by atoms with Crippen LogP contribution in [0.15, 0.2) is 4.52 Å². The van der Waals surface area contributed by atoms with Crippen LogP contribution in [0.5, 0.6) is 0 Å². The van der Waals surface area contributed by atoms with Crippen LogP contribution in [-0.4, -0.2) is 52.0 Å². The van der Waals surface area contributed by atoms with Gasteiger partial charge in [-0.2, -0.15) is 4.98 Å². The van der Waals surface area contributed by atoms with Crippen molar-refractivity contribution in [1.29, 1.82) is 0 Å². The first-order valence-electron chi connectivity index (χ1n) is 6.78. The fraction of sp³-hybridized carbons (Fsp3) is 0.833. The van der Waals surface area contributed by atoms with Crippen molar-refractivity contribution in [1.82, 2.24) is 15.0 Å². The zero-order valence-electron chi connectivity index (χ0n) is 11.0. The van der Waals surface area contributed by atoms with Gasteiger partial charge in [0.1, 0.15) is 12.1 Å². The van der Waals surface area contributed by atoms with Crippen LogP contribution in [0.1, 0.15) is 43.6 Å². The molecule has 0 bridgehead atoms. The third kappa shape index (κ3) is 2.51. The molecule has 2 aliphatic heterocycles. The lowest BCUT2D eigenvalue weighted by Crippen LogP contribution is -2.42. The van der Waals surface area contributed by atoms with Crippen molar-refractivity contribution >= 4 is 0 Å². The highest BCUT2D eigenvalue weighted by Crippen LogP contribution is 2.29. The van der Waals surface area contributed by atoms with E-state index in [0.717, 1.165) is 19.7 Å². The minimum absolute atomic E-state index is 0.159. The maximum Gasteiger partial charge on any atom is 0.246 e. The molecule has 0 aliphatic carbocycles. The number of rotatable bonds is 3. The third-order valence-electron chi connectivity index (χ3n) is 3.94. The number of morpholine rings is 1. The topological polar surface area (TPSA) is 97.6 Å². The number of hydrogen-bond donors (Lipinski definition) is 2. The van der Waals surface area contributed by atoms with E-state index >= 15 is 0 Å². The van der Waals surface area contributed by atoms with Crippen LogP contribution in [0.25, 0.3) is 0 Å². The molecule has 0 spiro atoms. The highest BCUT2D eigenvalue weighted by molar-refractivity contribution is 4.99. The molecule has 4 unspecified atom stereocenters. The molecule has 2 saturated heterocycles. The molecule has 3 heterocycles. The van der Waals surface area contributed by atoms with Gasteiger partial charge in [-0.25, -0.2) is 0 Å². The minimum Gasteiger partial charge on any atom is -0.391 e. The summed E-state index contributed by atoms with van der Waals surface area (Å²) in [7, 11) is 0. The number of nitrogens with two attached hydrogens (primary N) is 1. The van der Waals surface area contributed by atoms with Gasteiger partial charge in [0, 0.05) is 12.6 Å². The molecule has 0 radical (unpaired) electrons. The standard InChI is InChI=1S/C12H20N4O3/c1-7(17)10(13)12-14-11(15-19-12)9-5-16-4-2-3-8(16)6-18-9/h7-10,17H,2-6,13H2,1H3. The molecule has 1 aromatic heterocycles. The summed E-state index contributed by atoms with van der Waals surface area (Å²) in [4.78, 5) is 6.67. The van der Waals surface area contributed by atoms with E-state index in [1.165, 1.54) is 12.8 Å². The molecule has 2 fully saturated rings. The first-order chi connectivity index (χ1) is 9.15. The monoisotopic (exact) mass is 268 g/mol. The number of aliphatic hydroxyl groups is 1. The molecule has 3 N–H and O–H groups in total. The maximum absolute atomic E-state index is 9.42. The quantitative estimate of drug-likeness (QED) is 0.795. The Morgan fingerprint density at radius 1 is 1.53 bits per heavy atom. The minimum atomic E-state index is -0.719. The van der Waals surface area contributed by atoms with Crippen molar-refractivity contribution in [3.8, 4) is 0 Å². The molecule has 0 amide bonds. The van der Waals surface area contributed by atoms with Crippen LogP contribution in [0.2, 0.25) is 0 Å². The van der Waals surface area contributed by atoms with Crippen LogP contribution in [-0.2, 0) is 4.74 Å². The van der Waals surface area contributed by atoms with Gasteiger partial charge < -0.3 is 20.1 Å². The summed E-state index contributed by atoms with van der Waals surface area (Å²) in [5, 5.41) is 13.4. The molecule has 0 aromatic carbocycles. The van der Waals surface area contributed by atoms with E-state index in [1.54, 1.807) is 6.92 Å². The molecule has 1 aromatic rings. The lowest BCUT2D eigenvalue weighted by molar-refractivity contribution is -0.0548. The van der Waals surface area contributed by atoms with Crippen molar-refractivity contribution in [3.05, 3.63) is 11.7 Å². The Kier molecular flexibility index (Phi) is 3.53. The van der Waals surface area contributed by atoms with E-state index in [-0.39, 0.29) is 12.0 Å². The zero-order chi connectivity index (χ0) is 13.4. The second-order valence-electron chi connectivity index (χ2n) is 5.37. The number of fused-ring (bicyclic) bond motifs is 1. The van der Waals surface area contributed by atoms with Crippen LogP contribution in [0, 0.1) is 0 Å². The molecule has 0 saturated carbocycles. The predicted molar refractivity (Wildman–Crippen MR) is 66.2 cm³/mol. The fourth-order valence-electron chi connectivity index (χ4n) is 2.69. The summed E-state index contributed by atoms with van der Waals surface area (Å²) in [5.74, 6) is 0.786. The smallest absolute Gasteiger partial charge is 0.246 e. The Morgan fingerprint density at radius 3 is 3.16 bits per heavy atom. The molecule has 7 heteroatoms. The van der Waals surface area contributed by atoms with E-state index in [0.29, 0.717) is 11.9 Å². The third-order valence-corrected chi connectivity index (χ3v) is 3.94. The Bertz CT molecular complexity index is 436. The largest absolute Gasteiger partial charge is 0.391 e. The number of aromatic nitrogens is 2. The predicted octanol–water partition coefficient (Wildman–Crippen LogP) is -0.0141. The summed E-state index contributed by atoms with van der Waals surface area (Å²) in [6.07, 6.45) is 1.55. The van der Waals surface area contributed by atoms with Gasteiger partial charge in [0.05, 0.1) is 12.7 Å². The van der Waals surface area contributed by atoms with Crippen LogP contribution in [0.4, 0.5) is 0 Å². The SMILES string of the molecule is CC(O)C(N)c1nc(C2CN3CCCC3CO2)no1. The Morgan fingerprint density at radius 2 is 2.37 bits per heavy atom. The zero-order valence-corrected chi connectivity index (χ0v) is 11.0. The van der Waals surface area contributed by atoms with Crippen LogP contribution >= 0.6 is 0 Å². The normalized spacial score (nSPS) is 31.1. The lowest BCUT2D eigenvalue weighted by Gasteiger charge is -2.33. The molecule has 4 atom stereocenters. The van der Waals surface area contributed by atoms with Gasteiger partial charge in [0.25, 0.3) is 0 Å². The summed E-state index contributed by atoms with van der Waals surface area (Å²) in [6.45, 7) is 4.23. The first kappa shape index (κ1) is 13.0. The first-order valence-corrected chi connectivity index (χ1v) is 6.78. The highest BCUT2D eigenvalue weighted by Gasteiger charge is 2.35. The fourth-order valence-corrected chi connectivity index (χ4v) is 2.69. The molecule has 3 rings (SSSR count). The summed E-state index contributed by atoms with van der Waals surface area (Å²) in [5.41, 5.74) is 5.77. The Balaban J connectivity index is 1.69. The van der Waals surface area contributed by atoms with Crippen LogP contribution in [0.3, 0.4) is 0 Å². The van der Waals surface area contributed by atoms with Crippen molar-refractivity contribution in [2.24, 2.45) is 5.73 Å². The number of nitrogens with zero attached hydrogens (tertiary/aromatic N) is 3. The van der Waals surface area contributed by atoms with E-state index in [2.05, 4.69) is 15.0 Å². The lowest BCUT2D eigenvalue weighted by atomic mass is 10.2. The maximum atomic E-state index is 9.42. The van der Waals surface area contributed by atoms with Gasteiger partial charge in [-0.05, 0) is 26.3 Å². The van der Waals surface area contributed by atoms with Crippen molar-refractivity contribution in [2.45, 2.75) is 44.1 Å². The molecule has 7 nitrogen and oxygen atoms in total. The summed E-state index contributed by atoms with van der Waals surface area (Å²) < 4.78 is 10.9. The van der Waals surface area contributed by atoms with Crippen molar-refractivity contribution in [3.63, 3.8) is 0 Å². The van der Waals surface area contributed by atoms with Gasteiger partial charge in [0.2, 0.25) is 11.7 Å². The molecule has 2 aliphatic rings. The van der Waals surface area contributed by atoms with E-state index in [4.69, 9.17) is 15.0 Å². The molecule has 106 valence electrons. The van der Waals surface area contributed by atoms with Gasteiger partial charge in [0.15, 0.2) is 0 Å². The molecular formula is C12H20N4O3. The summed E-state index contributed by atoms with van der Waals surface area (Å²) >= 11 is 0. The van der Waals surface area contributed by atoms with Gasteiger partial charge in [-0.15, -0.1) is 0 Å². The van der Waals surface area contributed by atoms with Gasteiger partial charge >= 0.3 is 0 Å². The van der Waals surface area contributed by atoms with Gasteiger partial charge in [-0.1, -0.05) is 5.16 Å². The van der Waals surface area contributed by atoms with Crippen molar-refractivity contribution in [2.75, 3.05) is 19.7 Å². The van der Waals surface area contributed by atoms with E-state index < -0.39 is 12.1 Å². The second kappa shape index (κ2) is 5.16. The molecular weight excluding hydrogens is 248 g/mol. The van der Waals surface area contributed by atoms with Gasteiger partial charge in [-0.3, -0.25) is 4.90 Å². The second-order valence-corrected chi connectivity index (χ2v) is 5.37. The van der Waals surface area contributed by atoms with Crippen molar-refractivity contribution < 1.29 is 14.4 Å². The Hall–Kier alpha value is -1.02. The summed E-state index contributed by atoms with van der Waals surface area (Å²) in [6, 6.07) is -0.105. The Labute approximate surface area is 111 Å². The number of aliphatic hydroxyl groups excluding tert-OH is 1. The van der Waals surface area contributed by atoms with Crippen LogP contribution < -0.4 is 5.73 Å². The number of ether oxygens (including phenoxy) is 1. The number of hydrogen-bond acceptors (Lipinski definition) is 7. The highest BCUT2D eigenvalue weighted by atomic mass is 16.5. The molecule has 19 heavy (non-hydrogen) atoms. The van der Waals surface area contributed by atoms with E-state index in [1.807, 2.05) is 0 Å². The average Bonchev–Trinajstić information content (AvgIpc) is 3.05. The van der Waals surface area contributed by atoms with E-state index in [9.17, 15) is 5.11 Å².